The molecular weight excluding hydrogens is 326 g/mol. The Hall–Kier alpha value is -3.32. The number of hydrogen-bond acceptors (Lipinski definition) is 1. The lowest BCUT2D eigenvalue weighted by Crippen LogP contribution is -2.28. The number of aryl methyl sites for hydroxylation is 1. The van der Waals surface area contributed by atoms with Crippen LogP contribution in [0.15, 0.2) is 97.1 Å². The van der Waals surface area contributed by atoms with Crippen molar-refractivity contribution in [2.75, 3.05) is 5.73 Å². The zero-order valence-electron chi connectivity index (χ0n) is 15.3. The molecule has 1 nitrogen and oxygen atoms in total. The smallest absolute Gasteiger partial charge is 0.0713 e. The summed E-state index contributed by atoms with van der Waals surface area (Å²) < 4.78 is 0. The van der Waals surface area contributed by atoms with Gasteiger partial charge in [0.15, 0.2) is 0 Å². The molecule has 5 rings (SSSR count). The number of anilines is 1. The van der Waals surface area contributed by atoms with Crippen molar-refractivity contribution in [3.05, 3.63) is 125 Å². The molecule has 0 spiro atoms. The van der Waals surface area contributed by atoms with Gasteiger partial charge in [-0.15, -0.1) is 0 Å². The van der Waals surface area contributed by atoms with Crippen LogP contribution in [0, 0.1) is 6.92 Å². The van der Waals surface area contributed by atoms with E-state index in [1.54, 1.807) is 0 Å². The van der Waals surface area contributed by atoms with E-state index < -0.39 is 0 Å². The zero-order chi connectivity index (χ0) is 18.4. The van der Waals surface area contributed by atoms with Gasteiger partial charge in [0.25, 0.3) is 0 Å². The van der Waals surface area contributed by atoms with Gasteiger partial charge in [0.2, 0.25) is 0 Å². The molecule has 0 aliphatic heterocycles. The van der Waals surface area contributed by atoms with Gasteiger partial charge in [-0.3, -0.25) is 0 Å². The summed E-state index contributed by atoms with van der Waals surface area (Å²) in [6.45, 7) is 2.14. The minimum Gasteiger partial charge on any atom is -0.399 e. The SMILES string of the molecule is Cc1ccc(C2(c3ccc(N)cc3)c3ccccc3-c3ccccc32)cc1. The first-order chi connectivity index (χ1) is 13.2. The number of nitrogen functional groups attached to an aromatic ring is 1. The van der Waals surface area contributed by atoms with Gasteiger partial charge in [0, 0.05) is 5.69 Å². The standard InChI is InChI=1S/C26H21N/c1-18-10-12-19(13-11-18)26(20-14-16-21(27)17-15-20)24-8-4-2-6-22(24)23-7-3-5-9-25(23)26/h2-17H,27H2,1H3. The highest BCUT2D eigenvalue weighted by Crippen LogP contribution is 2.55. The van der Waals surface area contributed by atoms with E-state index in [4.69, 9.17) is 5.73 Å². The van der Waals surface area contributed by atoms with Gasteiger partial charge in [-0.2, -0.15) is 0 Å². The van der Waals surface area contributed by atoms with E-state index in [0.717, 1.165) is 5.69 Å². The molecule has 130 valence electrons. The van der Waals surface area contributed by atoms with E-state index in [2.05, 4.69) is 91.9 Å². The summed E-state index contributed by atoms with van der Waals surface area (Å²) >= 11 is 0. The second-order valence-corrected chi connectivity index (χ2v) is 7.33. The van der Waals surface area contributed by atoms with Gasteiger partial charge >= 0.3 is 0 Å². The van der Waals surface area contributed by atoms with E-state index in [1.165, 1.54) is 38.9 Å². The second-order valence-electron chi connectivity index (χ2n) is 7.33. The summed E-state index contributed by atoms with van der Waals surface area (Å²) in [6, 6.07) is 34.9. The van der Waals surface area contributed by atoms with Gasteiger partial charge in [-0.25, -0.2) is 0 Å². The van der Waals surface area contributed by atoms with Gasteiger partial charge in [0.1, 0.15) is 0 Å². The quantitative estimate of drug-likeness (QED) is 0.393. The molecule has 4 aromatic rings. The van der Waals surface area contributed by atoms with E-state index in [0.29, 0.717) is 0 Å². The van der Waals surface area contributed by atoms with Crippen LogP contribution < -0.4 is 5.73 Å². The van der Waals surface area contributed by atoms with Crippen LogP contribution in [-0.4, -0.2) is 0 Å². The monoisotopic (exact) mass is 347 g/mol. The molecule has 0 radical (unpaired) electrons. The van der Waals surface area contributed by atoms with Crippen molar-refractivity contribution in [3.63, 3.8) is 0 Å². The van der Waals surface area contributed by atoms with Crippen molar-refractivity contribution < 1.29 is 0 Å². The molecule has 27 heavy (non-hydrogen) atoms. The van der Waals surface area contributed by atoms with Gasteiger partial charge < -0.3 is 5.73 Å². The molecule has 0 heterocycles. The van der Waals surface area contributed by atoms with Crippen molar-refractivity contribution in [1.82, 2.24) is 0 Å². The molecule has 1 heteroatoms. The van der Waals surface area contributed by atoms with Crippen LogP contribution in [0.1, 0.15) is 27.8 Å². The maximum atomic E-state index is 6.02. The Balaban J connectivity index is 1.94. The largest absolute Gasteiger partial charge is 0.399 e. The van der Waals surface area contributed by atoms with Gasteiger partial charge in [-0.1, -0.05) is 90.5 Å². The van der Waals surface area contributed by atoms with E-state index in [9.17, 15) is 0 Å². The Morgan fingerprint density at radius 3 is 1.52 bits per heavy atom. The molecule has 0 saturated carbocycles. The van der Waals surface area contributed by atoms with Crippen molar-refractivity contribution in [1.29, 1.82) is 0 Å². The molecule has 0 bridgehead atoms. The van der Waals surface area contributed by atoms with Gasteiger partial charge in [-0.05, 0) is 52.4 Å². The zero-order valence-corrected chi connectivity index (χ0v) is 15.3. The lowest BCUT2D eigenvalue weighted by molar-refractivity contribution is 0.768. The van der Waals surface area contributed by atoms with Crippen LogP contribution in [0.25, 0.3) is 11.1 Å². The van der Waals surface area contributed by atoms with E-state index >= 15 is 0 Å². The fourth-order valence-corrected chi connectivity index (χ4v) is 4.56. The van der Waals surface area contributed by atoms with Crippen LogP contribution in [0.3, 0.4) is 0 Å². The first kappa shape index (κ1) is 15.9. The predicted molar refractivity (Wildman–Crippen MR) is 113 cm³/mol. The number of rotatable bonds is 2. The fourth-order valence-electron chi connectivity index (χ4n) is 4.56. The molecule has 0 amide bonds. The number of hydrogen-bond donors (Lipinski definition) is 1. The van der Waals surface area contributed by atoms with E-state index in [-0.39, 0.29) is 5.41 Å². The Morgan fingerprint density at radius 1 is 0.556 bits per heavy atom. The Kier molecular flexibility index (Phi) is 3.45. The maximum absolute atomic E-state index is 6.02. The molecule has 0 atom stereocenters. The summed E-state index contributed by atoms with van der Waals surface area (Å²) in [6.07, 6.45) is 0. The summed E-state index contributed by atoms with van der Waals surface area (Å²) in [5.74, 6) is 0. The summed E-state index contributed by atoms with van der Waals surface area (Å²) in [7, 11) is 0. The molecule has 0 aromatic heterocycles. The summed E-state index contributed by atoms with van der Waals surface area (Å²) in [4.78, 5) is 0. The molecule has 0 unspecified atom stereocenters. The molecule has 0 fully saturated rings. The summed E-state index contributed by atoms with van der Waals surface area (Å²) in [5, 5.41) is 0. The van der Waals surface area contributed by atoms with Crippen LogP contribution in [-0.2, 0) is 5.41 Å². The third-order valence-corrected chi connectivity index (χ3v) is 5.78. The average molecular weight is 347 g/mol. The highest BCUT2D eigenvalue weighted by molar-refractivity contribution is 5.86. The Labute approximate surface area is 160 Å². The minimum absolute atomic E-state index is 0.325. The van der Waals surface area contributed by atoms with E-state index in [1.807, 2.05) is 12.1 Å². The van der Waals surface area contributed by atoms with Crippen molar-refractivity contribution in [3.8, 4) is 11.1 Å². The molecule has 4 aromatic carbocycles. The Bertz CT molecular complexity index is 1030. The highest BCUT2D eigenvalue weighted by Gasteiger charge is 2.45. The van der Waals surface area contributed by atoms with Gasteiger partial charge in [0.05, 0.1) is 5.41 Å². The Morgan fingerprint density at radius 2 is 1.00 bits per heavy atom. The molecule has 0 saturated heterocycles. The minimum atomic E-state index is -0.325. The average Bonchev–Trinajstić information content (AvgIpc) is 3.01. The molecular formula is C26H21N. The van der Waals surface area contributed by atoms with Crippen molar-refractivity contribution >= 4 is 5.69 Å². The van der Waals surface area contributed by atoms with Crippen molar-refractivity contribution in [2.24, 2.45) is 0 Å². The third-order valence-electron chi connectivity index (χ3n) is 5.78. The first-order valence-corrected chi connectivity index (χ1v) is 9.34. The lowest BCUT2D eigenvalue weighted by atomic mass is 9.67. The predicted octanol–water partition coefficient (Wildman–Crippen LogP) is 5.94. The first-order valence-electron chi connectivity index (χ1n) is 9.34. The maximum Gasteiger partial charge on any atom is 0.0713 e. The number of nitrogens with two attached hydrogens (primary N) is 1. The molecule has 1 aliphatic carbocycles. The lowest BCUT2D eigenvalue weighted by Gasteiger charge is -2.34. The van der Waals surface area contributed by atoms with Crippen molar-refractivity contribution in [2.45, 2.75) is 12.3 Å². The molecule has 1 aliphatic rings. The molecule has 2 N–H and O–H groups in total. The fraction of sp³-hybridized carbons (Fsp3) is 0.0769. The topological polar surface area (TPSA) is 26.0 Å². The highest BCUT2D eigenvalue weighted by atomic mass is 14.5. The number of benzene rings is 4. The second kappa shape index (κ2) is 5.85. The van der Waals surface area contributed by atoms with Crippen LogP contribution in [0.2, 0.25) is 0 Å². The number of fused-ring (bicyclic) bond motifs is 3. The normalized spacial score (nSPS) is 13.8. The van der Waals surface area contributed by atoms with Crippen LogP contribution in [0.5, 0.6) is 0 Å². The summed E-state index contributed by atoms with van der Waals surface area (Å²) in [5.41, 5.74) is 15.6. The third kappa shape index (κ3) is 2.18. The van der Waals surface area contributed by atoms with Crippen LogP contribution in [0.4, 0.5) is 5.69 Å². The van der Waals surface area contributed by atoms with Crippen LogP contribution >= 0.6 is 0 Å².